The van der Waals surface area contributed by atoms with Crippen LogP contribution in [-0.2, 0) is 26.0 Å². The highest BCUT2D eigenvalue weighted by atomic mass is 35.5. The summed E-state index contributed by atoms with van der Waals surface area (Å²) in [7, 11) is -2.42. The Morgan fingerprint density at radius 1 is 1.22 bits per heavy atom. The Morgan fingerprint density at radius 3 is 2.74 bits per heavy atom. The summed E-state index contributed by atoms with van der Waals surface area (Å²) in [6, 6.07) is 9.35. The van der Waals surface area contributed by atoms with Crippen LogP contribution in [0.15, 0.2) is 41.3 Å². The zero-order valence-corrected chi connectivity index (χ0v) is 16.9. The van der Waals surface area contributed by atoms with Gasteiger partial charge in [0.05, 0.1) is 5.02 Å². The number of halogens is 2. The van der Waals surface area contributed by atoms with Crippen molar-refractivity contribution in [1.82, 2.24) is 0 Å². The number of hydrogen-bond donors (Lipinski definition) is 1. The van der Waals surface area contributed by atoms with Gasteiger partial charge in [-0.2, -0.15) is 0 Å². The summed E-state index contributed by atoms with van der Waals surface area (Å²) in [4.78, 5) is 13.8. The first kappa shape index (κ1) is 19.9. The van der Waals surface area contributed by atoms with Gasteiger partial charge in [0, 0.05) is 30.1 Å². The standard InChI is InChI=1S/C18H18Cl2N2O4S/c1-26-11-18(23)22-8-2-3-12-9-14(5-7-16(12)22)21-27(24,25)17-10-13(19)4-6-15(17)20/h4-7,9-10,21H,2-3,8,11H2,1H3. The number of anilines is 2. The second-order valence-corrected chi connectivity index (χ2v) is 8.60. The van der Waals surface area contributed by atoms with Crippen molar-refractivity contribution in [3.8, 4) is 0 Å². The summed E-state index contributed by atoms with van der Waals surface area (Å²) < 4.78 is 32.8. The summed E-state index contributed by atoms with van der Waals surface area (Å²) in [5.74, 6) is -0.127. The summed E-state index contributed by atoms with van der Waals surface area (Å²) in [6.45, 7) is 0.611. The van der Waals surface area contributed by atoms with E-state index in [2.05, 4.69) is 4.72 Å². The van der Waals surface area contributed by atoms with Gasteiger partial charge in [0.1, 0.15) is 11.5 Å². The van der Waals surface area contributed by atoms with Crippen molar-refractivity contribution in [2.75, 3.05) is 29.9 Å². The van der Waals surface area contributed by atoms with Gasteiger partial charge in [-0.05, 0) is 54.8 Å². The highest BCUT2D eigenvalue weighted by molar-refractivity contribution is 7.92. The maximum Gasteiger partial charge on any atom is 0.263 e. The molecular weight excluding hydrogens is 411 g/mol. The third-order valence-electron chi connectivity index (χ3n) is 4.20. The molecular formula is C18H18Cl2N2O4S. The molecule has 1 heterocycles. The Kier molecular flexibility index (Phi) is 5.95. The Morgan fingerprint density at radius 2 is 2.00 bits per heavy atom. The average molecular weight is 429 g/mol. The number of rotatable bonds is 5. The van der Waals surface area contributed by atoms with Crippen LogP contribution in [0.4, 0.5) is 11.4 Å². The molecule has 3 rings (SSSR count). The topological polar surface area (TPSA) is 75.7 Å². The number of nitrogens with zero attached hydrogens (tertiary/aromatic N) is 1. The third-order valence-corrected chi connectivity index (χ3v) is 6.30. The molecule has 0 bridgehead atoms. The molecule has 0 fully saturated rings. The smallest absolute Gasteiger partial charge is 0.263 e. The minimum absolute atomic E-state index is 0.00108. The molecule has 2 aromatic carbocycles. The average Bonchev–Trinajstić information content (AvgIpc) is 2.62. The predicted octanol–water partition coefficient (Wildman–Crippen LogP) is 3.72. The van der Waals surface area contributed by atoms with Gasteiger partial charge in [-0.3, -0.25) is 9.52 Å². The Balaban J connectivity index is 1.89. The third kappa shape index (κ3) is 4.38. The van der Waals surface area contributed by atoms with Gasteiger partial charge in [0.25, 0.3) is 15.9 Å². The van der Waals surface area contributed by atoms with Crippen LogP contribution in [0, 0.1) is 0 Å². The van der Waals surface area contributed by atoms with E-state index in [4.69, 9.17) is 27.9 Å². The van der Waals surface area contributed by atoms with Crippen LogP contribution in [0.25, 0.3) is 0 Å². The molecule has 6 nitrogen and oxygen atoms in total. The number of methoxy groups -OCH3 is 1. The van der Waals surface area contributed by atoms with Gasteiger partial charge >= 0.3 is 0 Å². The zero-order chi connectivity index (χ0) is 19.6. The van der Waals surface area contributed by atoms with Crippen LogP contribution < -0.4 is 9.62 Å². The lowest BCUT2D eigenvalue weighted by Gasteiger charge is -2.29. The fraction of sp³-hybridized carbons (Fsp3) is 0.278. The monoisotopic (exact) mass is 428 g/mol. The van der Waals surface area contributed by atoms with E-state index < -0.39 is 10.0 Å². The van der Waals surface area contributed by atoms with Gasteiger partial charge in [-0.1, -0.05) is 23.2 Å². The van der Waals surface area contributed by atoms with E-state index in [-0.39, 0.29) is 27.5 Å². The van der Waals surface area contributed by atoms with Gasteiger partial charge < -0.3 is 9.64 Å². The summed E-state index contributed by atoms with van der Waals surface area (Å²) in [6.07, 6.45) is 1.54. The molecule has 0 aromatic heterocycles. The molecule has 9 heteroatoms. The van der Waals surface area contributed by atoms with Gasteiger partial charge in [-0.15, -0.1) is 0 Å². The van der Waals surface area contributed by atoms with Crippen molar-refractivity contribution in [3.63, 3.8) is 0 Å². The first-order valence-electron chi connectivity index (χ1n) is 8.22. The predicted molar refractivity (Wildman–Crippen MR) is 106 cm³/mol. The zero-order valence-electron chi connectivity index (χ0n) is 14.5. The number of ether oxygens (including phenoxy) is 1. The first-order chi connectivity index (χ1) is 12.8. The minimum Gasteiger partial charge on any atom is -0.375 e. The fourth-order valence-corrected chi connectivity index (χ4v) is 4.83. The maximum absolute atomic E-state index is 12.7. The SMILES string of the molecule is COCC(=O)N1CCCc2cc(NS(=O)(=O)c3cc(Cl)ccc3Cl)ccc21. The fourth-order valence-electron chi connectivity index (χ4n) is 3.01. The Bertz CT molecular complexity index is 979. The Hall–Kier alpha value is -1.80. The van der Waals surface area contributed by atoms with Crippen LogP contribution >= 0.6 is 23.2 Å². The van der Waals surface area contributed by atoms with Crippen molar-refractivity contribution in [3.05, 3.63) is 52.0 Å². The number of nitrogens with one attached hydrogen (secondary N) is 1. The summed E-state index contributed by atoms with van der Waals surface area (Å²) >= 11 is 11.9. The van der Waals surface area contributed by atoms with E-state index >= 15 is 0 Å². The molecule has 1 N–H and O–H groups in total. The number of amides is 1. The Labute approximate surface area is 168 Å². The van der Waals surface area contributed by atoms with Crippen LogP contribution in [-0.4, -0.2) is 34.6 Å². The molecule has 27 heavy (non-hydrogen) atoms. The molecule has 1 aliphatic rings. The second-order valence-electron chi connectivity index (χ2n) is 6.11. The van der Waals surface area contributed by atoms with Crippen molar-refractivity contribution in [2.45, 2.75) is 17.7 Å². The number of sulfonamides is 1. The molecule has 1 aliphatic heterocycles. The second kappa shape index (κ2) is 8.06. The maximum atomic E-state index is 12.7. The lowest BCUT2D eigenvalue weighted by molar-refractivity contribution is -0.122. The van der Waals surface area contributed by atoms with Crippen molar-refractivity contribution >= 4 is 50.5 Å². The molecule has 144 valence electrons. The number of benzene rings is 2. The number of carbonyl (C=O) groups excluding carboxylic acids is 1. The molecule has 0 spiro atoms. The molecule has 0 saturated carbocycles. The number of hydrogen-bond acceptors (Lipinski definition) is 4. The van der Waals surface area contributed by atoms with Gasteiger partial charge in [0.2, 0.25) is 0 Å². The number of carbonyl (C=O) groups is 1. The van der Waals surface area contributed by atoms with E-state index in [1.54, 1.807) is 23.1 Å². The normalized spacial score (nSPS) is 14.0. The van der Waals surface area contributed by atoms with E-state index in [1.165, 1.54) is 25.3 Å². The van der Waals surface area contributed by atoms with Gasteiger partial charge in [0.15, 0.2) is 0 Å². The summed E-state index contributed by atoms with van der Waals surface area (Å²) in [5.41, 5.74) is 2.06. The van der Waals surface area contributed by atoms with E-state index in [0.717, 1.165) is 24.1 Å². The van der Waals surface area contributed by atoms with E-state index in [9.17, 15) is 13.2 Å². The quantitative estimate of drug-likeness (QED) is 0.786. The summed E-state index contributed by atoms with van der Waals surface area (Å²) in [5, 5.41) is 0.360. The van der Waals surface area contributed by atoms with Crippen LogP contribution in [0.3, 0.4) is 0 Å². The number of aryl methyl sites for hydroxylation is 1. The molecule has 1 amide bonds. The molecule has 2 aromatic rings. The van der Waals surface area contributed by atoms with Crippen molar-refractivity contribution in [2.24, 2.45) is 0 Å². The lowest BCUT2D eigenvalue weighted by Crippen LogP contribution is -2.37. The van der Waals surface area contributed by atoms with Crippen molar-refractivity contribution < 1.29 is 17.9 Å². The van der Waals surface area contributed by atoms with Crippen molar-refractivity contribution in [1.29, 1.82) is 0 Å². The first-order valence-corrected chi connectivity index (χ1v) is 10.5. The van der Waals surface area contributed by atoms with Gasteiger partial charge in [-0.25, -0.2) is 8.42 Å². The molecule has 0 unspecified atom stereocenters. The molecule has 0 radical (unpaired) electrons. The van der Waals surface area contributed by atoms with Crippen LogP contribution in [0.1, 0.15) is 12.0 Å². The van der Waals surface area contributed by atoms with Crippen LogP contribution in [0.5, 0.6) is 0 Å². The van der Waals surface area contributed by atoms with E-state index in [1.807, 2.05) is 0 Å². The number of fused-ring (bicyclic) bond motifs is 1. The molecule has 0 saturated heterocycles. The molecule has 0 atom stereocenters. The van der Waals surface area contributed by atoms with E-state index in [0.29, 0.717) is 12.2 Å². The largest absolute Gasteiger partial charge is 0.375 e. The lowest BCUT2D eigenvalue weighted by atomic mass is 10.0. The highest BCUT2D eigenvalue weighted by Crippen LogP contribution is 2.32. The molecule has 0 aliphatic carbocycles. The highest BCUT2D eigenvalue weighted by Gasteiger charge is 2.24. The van der Waals surface area contributed by atoms with Crippen LogP contribution in [0.2, 0.25) is 10.0 Å². The minimum atomic E-state index is -3.90.